The molecule has 4 saturated carbocycles. The van der Waals surface area contributed by atoms with Gasteiger partial charge in [0.2, 0.25) is 0 Å². The normalized spacial score (nSPS) is 28.4. The van der Waals surface area contributed by atoms with Crippen molar-refractivity contribution in [3.05, 3.63) is 53.3 Å². The second-order valence-electron chi connectivity index (χ2n) is 9.82. The fourth-order valence-corrected chi connectivity index (χ4v) is 6.51. The third kappa shape index (κ3) is 3.91. The molecular weight excluding hydrogens is 395 g/mol. The first-order chi connectivity index (χ1) is 14.9. The molecule has 0 atom stereocenters. The molecule has 6 heteroatoms. The van der Waals surface area contributed by atoms with Gasteiger partial charge in [-0.1, -0.05) is 0 Å². The first-order valence-corrected chi connectivity index (χ1v) is 11.1. The Morgan fingerprint density at radius 1 is 1.03 bits per heavy atom. The van der Waals surface area contributed by atoms with Crippen LogP contribution in [0.3, 0.4) is 0 Å². The molecule has 0 heterocycles. The predicted octanol–water partition coefficient (Wildman–Crippen LogP) is 5.22. The van der Waals surface area contributed by atoms with E-state index < -0.39 is 17.5 Å². The quantitative estimate of drug-likeness (QED) is 0.558. The zero-order chi connectivity index (χ0) is 21.6. The second kappa shape index (κ2) is 7.66. The van der Waals surface area contributed by atoms with Crippen molar-refractivity contribution in [2.45, 2.75) is 38.5 Å². The highest BCUT2D eigenvalue weighted by atomic mass is 19.1. The van der Waals surface area contributed by atoms with E-state index in [0.29, 0.717) is 17.4 Å². The van der Waals surface area contributed by atoms with Gasteiger partial charge in [-0.25, -0.2) is 4.39 Å². The zero-order valence-electron chi connectivity index (χ0n) is 17.4. The minimum Gasteiger partial charge on any atom is -0.504 e. The molecule has 3 N–H and O–H groups in total. The Kier molecular flexibility index (Phi) is 4.95. The monoisotopic (exact) mass is 422 g/mol. The van der Waals surface area contributed by atoms with E-state index in [1.54, 1.807) is 12.1 Å². The lowest BCUT2D eigenvalue weighted by Crippen LogP contribution is -2.49. The molecule has 0 spiro atoms. The number of carbonyl (C=O) groups is 2. The number of aldehydes is 1. The van der Waals surface area contributed by atoms with Crippen LogP contribution in [0.1, 0.15) is 59.2 Å². The maximum atomic E-state index is 13.7. The molecule has 0 radical (unpaired) electrons. The summed E-state index contributed by atoms with van der Waals surface area (Å²) in [5, 5.41) is 15.8. The average molecular weight is 423 g/mol. The third-order valence-electron chi connectivity index (χ3n) is 7.46. The topological polar surface area (TPSA) is 78.4 Å². The van der Waals surface area contributed by atoms with Gasteiger partial charge >= 0.3 is 0 Å². The van der Waals surface area contributed by atoms with Gasteiger partial charge in [0.15, 0.2) is 17.9 Å². The molecular formula is C25H27FN2O3. The molecule has 6 rings (SSSR count). The van der Waals surface area contributed by atoms with Crippen molar-refractivity contribution in [3.8, 4) is 5.75 Å². The van der Waals surface area contributed by atoms with E-state index in [1.807, 2.05) is 12.1 Å². The Balaban J connectivity index is 1.21. The highest BCUT2D eigenvalue weighted by molar-refractivity contribution is 6.05. The number of phenolic OH excluding ortho intramolecular Hbond substituents is 1. The smallest absolute Gasteiger partial charge is 0.255 e. The Morgan fingerprint density at radius 2 is 1.61 bits per heavy atom. The number of aromatic hydroxyl groups is 1. The number of benzene rings is 2. The molecule has 31 heavy (non-hydrogen) atoms. The number of halogens is 1. The number of hydrogen-bond acceptors (Lipinski definition) is 4. The summed E-state index contributed by atoms with van der Waals surface area (Å²) < 4.78 is 13.7. The Bertz CT molecular complexity index is 983. The number of carbonyl (C=O) groups excluding carboxylic acids is 2. The lowest BCUT2D eigenvalue weighted by atomic mass is 9.49. The maximum Gasteiger partial charge on any atom is 0.255 e. The number of rotatable bonds is 6. The predicted molar refractivity (Wildman–Crippen MR) is 117 cm³/mol. The largest absolute Gasteiger partial charge is 0.504 e. The van der Waals surface area contributed by atoms with E-state index in [2.05, 4.69) is 10.6 Å². The molecule has 0 unspecified atom stereocenters. The first-order valence-electron chi connectivity index (χ1n) is 11.1. The SMILES string of the molecule is O=Cc1cc(C(=O)Nc2ccc(NCC34CC5CC(CC(C5)C3)C4)cc2)cc(F)c1O. The average Bonchev–Trinajstić information content (AvgIpc) is 2.74. The summed E-state index contributed by atoms with van der Waals surface area (Å²) in [6.45, 7) is 1.00. The van der Waals surface area contributed by atoms with Crippen LogP contribution < -0.4 is 10.6 Å². The molecule has 4 fully saturated rings. The van der Waals surface area contributed by atoms with Crippen molar-refractivity contribution in [2.75, 3.05) is 17.2 Å². The van der Waals surface area contributed by atoms with Crippen molar-refractivity contribution < 1.29 is 19.1 Å². The molecule has 1 amide bonds. The van der Waals surface area contributed by atoms with E-state index in [1.165, 1.54) is 44.6 Å². The van der Waals surface area contributed by atoms with Crippen molar-refractivity contribution >= 4 is 23.6 Å². The minimum atomic E-state index is -1.00. The van der Waals surface area contributed by atoms with Crippen LogP contribution >= 0.6 is 0 Å². The van der Waals surface area contributed by atoms with E-state index in [0.717, 1.165) is 36.1 Å². The summed E-state index contributed by atoms with van der Waals surface area (Å²) in [5.41, 5.74) is 1.76. The van der Waals surface area contributed by atoms with Gasteiger partial charge in [0.1, 0.15) is 0 Å². The number of phenols is 1. The first kappa shape index (κ1) is 20.0. The van der Waals surface area contributed by atoms with Gasteiger partial charge in [-0.3, -0.25) is 9.59 Å². The lowest BCUT2D eigenvalue weighted by Gasteiger charge is -2.57. The van der Waals surface area contributed by atoms with Gasteiger partial charge in [0.25, 0.3) is 5.91 Å². The number of anilines is 2. The summed E-state index contributed by atoms with van der Waals surface area (Å²) in [4.78, 5) is 23.4. The van der Waals surface area contributed by atoms with E-state index in [9.17, 15) is 19.1 Å². The van der Waals surface area contributed by atoms with Gasteiger partial charge in [-0.2, -0.15) is 0 Å². The summed E-state index contributed by atoms with van der Waals surface area (Å²) >= 11 is 0. The van der Waals surface area contributed by atoms with Gasteiger partial charge in [-0.05, 0) is 98.1 Å². The van der Waals surface area contributed by atoms with E-state index in [4.69, 9.17) is 0 Å². The molecule has 0 aliphatic heterocycles. The van der Waals surface area contributed by atoms with E-state index in [-0.39, 0.29) is 11.1 Å². The molecule has 5 nitrogen and oxygen atoms in total. The highest BCUT2D eigenvalue weighted by Gasteiger charge is 2.50. The minimum absolute atomic E-state index is 0.0265. The fraction of sp³-hybridized carbons (Fsp3) is 0.440. The van der Waals surface area contributed by atoms with Crippen LogP contribution in [-0.2, 0) is 0 Å². The fourth-order valence-electron chi connectivity index (χ4n) is 6.51. The Hall–Kier alpha value is -2.89. The van der Waals surface area contributed by atoms with E-state index >= 15 is 0 Å². The van der Waals surface area contributed by atoms with Gasteiger partial charge in [0.05, 0.1) is 5.56 Å². The van der Waals surface area contributed by atoms with Crippen LogP contribution in [-0.4, -0.2) is 23.8 Å². The third-order valence-corrected chi connectivity index (χ3v) is 7.46. The number of hydrogen-bond donors (Lipinski definition) is 3. The molecule has 2 aromatic carbocycles. The summed E-state index contributed by atoms with van der Waals surface area (Å²) in [6.07, 6.45) is 8.69. The van der Waals surface area contributed by atoms with Gasteiger partial charge in [0, 0.05) is 23.5 Å². The van der Waals surface area contributed by atoms with Crippen LogP contribution in [0.4, 0.5) is 15.8 Å². The maximum absolute atomic E-state index is 13.7. The van der Waals surface area contributed by atoms with Crippen LogP contribution in [0.25, 0.3) is 0 Å². The molecule has 4 aliphatic carbocycles. The molecule has 2 aromatic rings. The van der Waals surface area contributed by atoms with Crippen molar-refractivity contribution in [3.63, 3.8) is 0 Å². The molecule has 0 aromatic heterocycles. The highest BCUT2D eigenvalue weighted by Crippen LogP contribution is 2.59. The molecule has 0 saturated heterocycles. The van der Waals surface area contributed by atoms with Crippen molar-refractivity contribution in [1.82, 2.24) is 0 Å². The van der Waals surface area contributed by atoms with Gasteiger partial charge < -0.3 is 15.7 Å². The molecule has 4 bridgehead atoms. The Labute approximate surface area is 181 Å². The van der Waals surface area contributed by atoms with Crippen LogP contribution in [0.15, 0.2) is 36.4 Å². The zero-order valence-corrected chi connectivity index (χ0v) is 17.4. The Morgan fingerprint density at radius 3 is 2.19 bits per heavy atom. The second-order valence-corrected chi connectivity index (χ2v) is 9.82. The summed E-state index contributed by atoms with van der Waals surface area (Å²) in [6, 6.07) is 9.56. The van der Waals surface area contributed by atoms with Crippen molar-refractivity contribution in [1.29, 1.82) is 0 Å². The number of nitrogens with one attached hydrogen (secondary N) is 2. The molecule has 4 aliphatic rings. The van der Waals surface area contributed by atoms with Crippen LogP contribution in [0.2, 0.25) is 0 Å². The standard InChI is InChI=1S/C25H27FN2O3/c26-22-9-18(8-19(13-29)23(22)30)24(31)28-21-3-1-20(2-4-21)27-14-25-10-15-5-16(11-25)7-17(6-15)12-25/h1-4,8-9,13,15-17,27,30H,5-7,10-12,14H2,(H,28,31). The summed E-state index contributed by atoms with van der Waals surface area (Å²) in [7, 11) is 0. The lowest BCUT2D eigenvalue weighted by molar-refractivity contribution is -0.0444. The van der Waals surface area contributed by atoms with Crippen LogP contribution in [0, 0.1) is 29.0 Å². The number of amides is 1. The summed E-state index contributed by atoms with van der Waals surface area (Å²) in [5.74, 6) is 0.483. The van der Waals surface area contributed by atoms with Gasteiger partial charge in [-0.15, -0.1) is 0 Å². The molecule has 162 valence electrons. The van der Waals surface area contributed by atoms with Crippen molar-refractivity contribution in [2.24, 2.45) is 23.2 Å². The van der Waals surface area contributed by atoms with Crippen LogP contribution in [0.5, 0.6) is 5.75 Å².